The molecule has 0 aliphatic heterocycles. The summed E-state index contributed by atoms with van der Waals surface area (Å²) in [6.07, 6.45) is 0. The van der Waals surface area contributed by atoms with Crippen LogP contribution in [-0.4, -0.2) is 0 Å². The fourth-order valence-electron chi connectivity index (χ4n) is 0.597. The van der Waals surface area contributed by atoms with Gasteiger partial charge in [0.15, 0.2) is 0 Å². The molecular formula is C6H5BrFNS. The topological polar surface area (TPSA) is 26.0 Å². The summed E-state index contributed by atoms with van der Waals surface area (Å²) in [5, 5.41) is 5.22. The van der Waals surface area contributed by atoms with E-state index in [1.807, 2.05) is 0 Å². The van der Waals surface area contributed by atoms with E-state index in [1.165, 1.54) is 12.1 Å². The third-order valence-electron chi connectivity index (χ3n) is 0.972. The van der Waals surface area contributed by atoms with Gasteiger partial charge in [0, 0.05) is 9.37 Å². The number of halogens is 2. The Morgan fingerprint density at radius 2 is 2.10 bits per heavy atom. The standard InChI is InChI=1S/C6H5BrFNS/c7-4-1-5(8)3-6(2-4)10-9/h1-3H,9H2. The van der Waals surface area contributed by atoms with E-state index in [0.29, 0.717) is 9.37 Å². The van der Waals surface area contributed by atoms with Crippen LogP contribution in [0.5, 0.6) is 0 Å². The molecule has 0 heterocycles. The largest absolute Gasteiger partial charge is 0.274 e. The molecule has 1 rings (SSSR count). The minimum atomic E-state index is -0.276. The monoisotopic (exact) mass is 221 g/mol. The quantitative estimate of drug-likeness (QED) is 0.739. The van der Waals surface area contributed by atoms with Crippen molar-refractivity contribution in [1.29, 1.82) is 0 Å². The Labute approximate surface area is 71.1 Å². The Bertz CT molecular complexity index is 221. The second-order valence-electron chi connectivity index (χ2n) is 1.72. The van der Waals surface area contributed by atoms with Gasteiger partial charge in [-0.2, -0.15) is 0 Å². The lowest BCUT2D eigenvalue weighted by molar-refractivity contribution is 0.623. The van der Waals surface area contributed by atoms with Gasteiger partial charge in [-0.1, -0.05) is 15.9 Å². The van der Waals surface area contributed by atoms with Gasteiger partial charge in [0.1, 0.15) is 5.82 Å². The first-order valence-electron chi connectivity index (χ1n) is 2.55. The van der Waals surface area contributed by atoms with Crippen molar-refractivity contribution in [2.45, 2.75) is 4.90 Å². The van der Waals surface area contributed by atoms with Gasteiger partial charge in [-0.3, -0.25) is 5.14 Å². The van der Waals surface area contributed by atoms with Gasteiger partial charge in [-0.05, 0) is 30.1 Å². The van der Waals surface area contributed by atoms with E-state index in [-0.39, 0.29) is 5.82 Å². The van der Waals surface area contributed by atoms with Crippen molar-refractivity contribution in [3.8, 4) is 0 Å². The van der Waals surface area contributed by atoms with E-state index in [1.54, 1.807) is 6.07 Å². The Morgan fingerprint density at radius 3 is 2.60 bits per heavy atom. The highest BCUT2D eigenvalue weighted by Crippen LogP contribution is 2.19. The molecule has 1 aromatic rings. The number of hydrogen-bond donors (Lipinski definition) is 1. The smallest absolute Gasteiger partial charge is 0.125 e. The zero-order valence-electron chi connectivity index (χ0n) is 4.97. The van der Waals surface area contributed by atoms with Crippen LogP contribution in [0.2, 0.25) is 0 Å². The third-order valence-corrected chi connectivity index (χ3v) is 1.94. The average Bonchev–Trinajstić information content (AvgIpc) is 1.85. The van der Waals surface area contributed by atoms with Gasteiger partial charge in [0.2, 0.25) is 0 Å². The van der Waals surface area contributed by atoms with Crippen molar-refractivity contribution in [2.75, 3.05) is 0 Å². The summed E-state index contributed by atoms with van der Waals surface area (Å²) in [6.45, 7) is 0. The van der Waals surface area contributed by atoms with Crippen molar-refractivity contribution in [3.63, 3.8) is 0 Å². The van der Waals surface area contributed by atoms with Crippen molar-refractivity contribution in [3.05, 3.63) is 28.5 Å². The number of benzene rings is 1. The number of nitrogens with two attached hydrogens (primary N) is 1. The summed E-state index contributed by atoms with van der Waals surface area (Å²) in [5.41, 5.74) is 0. The van der Waals surface area contributed by atoms with E-state index >= 15 is 0 Å². The zero-order chi connectivity index (χ0) is 7.56. The number of rotatable bonds is 1. The van der Waals surface area contributed by atoms with Gasteiger partial charge in [0.05, 0.1) is 0 Å². The van der Waals surface area contributed by atoms with E-state index in [0.717, 1.165) is 11.9 Å². The maximum absolute atomic E-state index is 12.5. The Morgan fingerprint density at radius 1 is 1.40 bits per heavy atom. The minimum Gasteiger partial charge on any atom is -0.274 e. The highest BCUT2D eigenvalue weighted by Gasteiger charge is 1.96. The summed E-state index contributed by atoms with van der Waals surface area (Å²) in [5.74, 6) is -0.276. The predicted molar refractivity (Wildman–Crippen MR) is 44.1 cm³/mol. The predicted octanol–water partition coefficient (Wildman–Crippen LogP) is 2.55. The molecule has 0 radical (unpaired) electrons. The van der Waals surface area contributed by atoms with E-state index in [2.05, 4.69) is 15.9 Å². The highest BCUT2D eigenvalue weighted by atomic mass is 79.9. The van der Waals surface area contributed by atoms with Crippen LogP contribution in [0.1, 0.15) is 0 Å². The highest BCUT2D eigenvalue weighted by molar-refractivity contribution is 9.10. The lowest BCUT2D eigenvalue weighted by Gasteiger charge is -1.95. The van der Waals surface area contributed by atoms with Crippen molar-refractivity contribution < 1.29 is 4.39 Å². The fourth-order valence-corrected chi connectivity index (χ4v) is 1.59. The van der Waals surface area contributed by atoms with Gasteiger partial charge < -0.3 is 0 Å². The maximum atomic E-state index is 12.5. The van der Waals surface area contributed by atoms with Gasteiger partial charge >= 0.3 is 0 Å². The summed E-state index contributed by atoms with van der Waals surface area (Å²) in [7, 11) is 0. The van der Waals surface area contributed by atoms with Gasteiger partial charge in [0.25, 0.3) is 0 Å². The van der Waals surface area contributed by atoms with Crippen LogP contribution in [0.15, 0.2) is 27.6 Å². The molecule has 0 amide bonds. The first-order valence-corrected chi connectivity index (χ1v) is 4.22. The molecule has 0 bridgehead atoms. The summed E-state index contributed by atoms with van der Waals surface area (Å²) in [4.78, 5) is 0.715. The first-order chi connectivity index (χ1) is 4.72. The Hall–Kier alpha value is -0.0600. The molecule has 0 aliphatic carbocycles. The van der Waals surface area contributed by atoms with Crippen LogP contribution in [-0.2, 0) is 0 Å². The first kappa shape index (κ1) is 8.04. The molecule has 10 heavy (non-hydrogen) atoms. The molecule has 0 saturated carbocycles. The van der Waals surface area contributed by atoms with Crippen LogP contribution < -0.4 is 5.14 Å². The minimum absolute atomic E-state index is 0.276. The Balaban J connectivity index is 3.06. The molecule has 54 valence electrons. The SMILES string of the molecule is NSc1cc(F)cc(Br)c1. The maximum Gasteiger partial charge on any atom is 0.125 e. The lowest BCUT2D eigenvalue weighted by Crippen LogP contribution is -1.81. The van der Waals surface area contributed by atoms with Gasteiger partial charge in [-0.25, -0.2) is 4.39 Å². The van der Waals surface area contributed by atoms with Crippen LogP contribution in [0, 0.1) is 5.82 Å². The van der Waals surface area contributed by atoms with Crippen LogP contribution in [0.3, 0.4) is 0 Å². The molecule has 0 aromatic heterocycles. The zero-order valence-corrected chi connectivity index (χ0v) is 7.38. The molecular weight excluding hydrogens is 217 g/mol. The average molecular weight is 222 g/mol. The second-order valence-corrected chi connectivity index (χ2v) is 3.35. The molecule has 1 nitrogen and oxygen atoms in total. The molecule has 0 aliphatic rings. The summed E-state index contributed by atoms with van der Waals surface area (Å²) >= 11 is 4.17. The second kappa shape index (κ2) is 3.37. The number of hydrogen-bond acceptors (Lipinski definition) is 2. The molecule has 0 saturated heterocycles. The van der Waals surface area contributed by atoms with Crippen molar-refractivity contribution in [2.24, 2.45) is 5.14 Å². The molecule has 1 aromatic carbocycles. The normalized spacial score (nSPS) is 9.90. The van der Waals surface area contributed by atoms with E-state index < -0.39 is 0 Å². The third kappa shape index (κ3) is 1.97. The van der Waals surface area contributed by atoms with Crippen molar-refractivity contribution >= 4 is 27.9 Å². The molecule has 0 fully saturated rings. The summed E-state index contributed by atoms with van der Waals surface area (Å²) in [6, 6.07) is 4.53. The van der Waals surface area contributed by atoms with Crippen molar-refractivity contribution in [1.82, 2.24) is 0 Å². The summed E-state index contributed by atoms with van der Waals surface area (Å²) < 4.78 is 13.2. The van der Waals surface area contributed by atoms with E-state index in [9.17, 15) is 4.39 Å². The van der Waals surface area contributed by atoms with E-state index in [4.69, 9.17) is 5.14 Å². The van der Waals surface area contributed by atoms with Crippen LogP contribution in [0.25, 0.3) is 0 Å². The van der Waals surface area contributed by atoms with Crippen LogP contribution in [0.4, 0.5) is 4.39 Å². The molecule has 4 heteroatoms. The van der Waals surface area contributed by atoms with Crippen LogP contribution >= 0.6 is 27.9 Å². The molecule has 0 atom stereocenters. The lowest BCUT2D eigenvalue weighted by atomic mass is 10.3. The molecule has 0 unspecified atom stereocenters. The van der Waals surface area contributed by atoms with Gasteiger partial charge in [-0.15, -0.1) is 0 Å². The molecule has 0 spiro atoms. The fraction of sp³-hybridized carbons (Fsp3) is 0. The molecule has 2 N–H and O–H groups in total. The Kier molecular flexibility index (Phi) is 2.71.